The molecule has 1 atom stereocenters. The van der Waals surface area contributed by atoms with Crippen LogP contribution in [0, 0.1) is 5.82 Å². The molecule has 9 heteroatoms. The first kappa shape index (κ1) is 19.5. The van der Waals surface area contributed by atoms with Crippen LogP contribution in [-0.2, 0) is 15.4 Å². The Labute approximate surface area is 158 Å². The number of aromatic nitrogens is 2. The van der Waals surface area contributed by atoms with Crippen molar-refractivity contribution in [2.24, 2.45) is 4.99 Å². The normalized spacial score (nSPS) is 19.7. The van der Waals surface area contributed by atoms with Crippen LogP contribution >= 0.6 is 0 Å². The minimum absolute atomic E-state index is 0.0281. The number of hydrogen-bond donors (Lipinski definition) is 1. The van der Waals surface area contributed by atoms with E-state index in [1.807, 2.05) is 32.8 Å². The van der Waals surface area contributed by atoms with Crippen LogP contribution in [0.25, 0.3) is 0 Å². The van der Waals surface area contributed by atoms with Crippen LogP contribution in [0.1, 0.15) is 20.3 Å². The van der Waals surface area contributed by atoms with Gasteiger partial charge >= 0.3 is 0 Å². The maximum atomic E-state index is 13.7. The lowest BCUT2D eigenvalue weighted by Gasteiger charge is -2.36. The molecule has 2 heterocycles. The van der Waals surface area contributed by atoms with E-state index in [0.717, 1.165) is 11.8 Å². The van der Waals surface area contributed by atoms with Gasteiger partial charge in [0, 0.05) is 25.7 Å². The monoisotopic (exact) mass is 393 g/mol. The third-order valence-electron chi connectivity index (χ3n) is 4.53. The van der Waals surface area contributed by atoms with Crippen LogP contribution in [0.5, 0.6) is 0 Å². The van der Waals surface area contributed by atoms with Crippen molar-refractivity contribution in [1.29, 1.82) is 0 Å². The fourth-order valence-electron chi connectivity index (χ4n) is 3.68. The predicted octanol–water partition coefficient (Wildman–Crippen LogP) is 2.67. The Morgan fingerprint density at radius 3 is 2.67 bits per heavy atom. The minimum atomic E-state index is -4.01. The zero-order valence-electron chi connectivity index (χ0n) is 16.1. The maximum Gasteiger partial charge on any atom is 0.214 e. The number of rotatable bonds is 5. The Morgan fingerprint density at radius 2 is 2.07 bits per heavy atom. The van der Waals surface area contributed by atoms with Gasteiger partial charge in [-0.05, 0) is 46.1 Å². The van der Waals surface area contributed by atoms with Crippen molar-refractivity contribution in [2.75, 3.05) is 33.0 Å². The van der Waals surface area contributed by atoms with Crippen LogP contribution in [0.4, 0.5) is 16.0 Å². The van der Waals surface area contributed by atoms with Crippen molar-refractivity contribution in [2.45, 2.75) is 35.6 Å². The van der Waals surface area contributed by atoms with Crippen molar-refractivity contribution in [3.63, 3.8) is 0 Å². The Morgan fingerprint density at radius 1 is 1.37 bits per heavy atom. The second-order valence-corrected chi connectivity index (χ2v) is 9.27. The molecule has 0 amide bonds. The summed E-state index contributed by atoms with van der Waals surface area (Å²) < 4.78 is 41.9. The third kappa shape index (κ3) is 3.37. The maximum absolute atomic E-state index is 13.7. The Balaban J connectivity index is 2.28. The van der Waals surface area contributed by atoms with Crippen molar-refractivity contribution >= 4 is 27.2 Å². The van der Waals surface area contributed by atoms with Crippen molar-refractivity contribution < 1.29 is 12.8 Å². The van der Waals surface area contributed by atoms with E-state index in [2.05, 4.69) is 15.4 Å². The number of halogens is 1. The zero-order chi connectivity index (χ0) is 20.0. The highest BCUT2D eigenvalue weighted by molar-refractivity contribution is 7.91. The van der Waals surface area contributed by atoms with E-state index >= 15 is 0 Å². The molecule has 0 bridgehead atoms. The molecule has 0 saturated heterocycles. The van der Waals surface area contributed by atoms with Crippen LogP contribution < -0.4 is 5.32 Å². The highest BCUT2D eigenvalue weighted by Crippen LogP contribution is 2.42. The molecule has 7 nitrogen and oxygen atoms in total. The van der Waals surface area contributed by atoms with E-state index in [0.29, 0.717) is 13.0 Å². The molecule has 1 unspecified atom stereocenters. The van der Waals surface area contributed by atoms with Gasteiger partial charge in [0.25, 0.3) is 0 Å². The number of aliphatic imine (C=N–C) groups is 1. The Bertz CT molecular complexity index is 1010. The summed E-state index contributed by atoms with van der Waals surface area (Å²) in [7, 11) is 1.51. The second-order valence-electron chi connectivity index (χ2n) is 7.38. The molecule has 1 aliphatic heterocycles. The summed E-state index contributed by atoms with van der Waals surface area (Å²) in [5.41, 5.74) is 0.372. The van der Waals surface area contributed by atoms with Gasteiger partial charge in [0.2, 0.25) is 9.84 Å². The summed E-state index contributed by atoms with van der Waals surface area (Å²) in [5.74, 6) is -0.130. The molecular formula is C18H24FN5O2S. The van der Waals surface area contributed by atoms with Gasteiger partial charge in [0.1, 0.15) is 5.82 Å². The molecule has 3 rings (SSSR count). The van der Waals surface area contributed by atoms with Gasteiger partial charge in [-0.2, -0.15) is 5.10 Å². The Kier molecular flexibility index (Phi) is 4.85. The summed E-state index contributed by atoms with van der Waals surface area (Å²) in [6.45, 7) is 4.57. The number of nitrogens with one attached hydrogen (secondary N) is 1. The summed E-state index contributed by atoms with van der Waals surface area (Å²) in [5, 5.41) is 7.38. The average molecular weight is 393 g/mol. The van der Waals surface area contributed by atoms with Crippen LogP contribution in [-0.4, -0.2) is 56.5 Å². The lowest BCUT2D eigenvalue weighted by atomic mass is 9.93. The highest BCUT2D eigenvalue weighted by Gasteiger charge is 2.40. The molecule has 2 aromatic rings. The second kappa shape index (κ2) is 6.72. The molecule has 0 spiro atoms. The highest BCUT2D eigenvalue weighted by atomic mass is 32.2. The SMILES string of the molecule is CNc1nn2c(c1S(=O)(=O)c1cccc(F)c1)N=C(C)CC2(C)CN(C)C. The first-order valence-corrected chi connectivity index (χ1v) is 10.1. The molecule has 1 aromatic carbocycles. The van der Waals surface area contributed by atoms with E-state index in [4.69, 9.17) is 0 Å². The molecule has 1 N–H and O–H groups in total. The quantitative estimate of drug-likeness (QED) is 0.845. The summed E-state index contributed by atoms with van der Waals surface area (Å²) in [6.07, 6.45) is 0.655. The van der Waals surface area contributed by atoms with Crippen LogP contribution in [0.2, 0.25) is 0 Å². The first-order chi connectivity index (χ1) is 12.6. The van der Waals surface area contributed by atoms with Crippen molar-refractivity contribution in [3.8, 4) is 0 Å². The lowest BCUT2D eigenvalue weighted by molar-refractivity contribution is 0.207. The van der Waals surface area contributed by atoms with E-state index in [1.165, 1.54) is 18.2 Å². The topological polar surface area (TPSA) is 79.6 Å². The first-order valence-electron chi connectivity index (χ1n) is 8.59. The van der Waals surface area contributed by atoms with Gasteiger partial charge in [0.05, 0.1) is 10.4 Å². The number of sulfone groups is 1. The fourth-order valence-corrected chi connectivity index (χ4v) is 5.21. The smallest absolute Gasteiger partial charge is 0.214 e. The van der Waals surface area contributed by atoms with E-state index in [-0.39, 0.29) is 21.4 Å². The fraction of sp³-hybridized carbons (Fsp3) is 0.444. The number of anilines is 1. The van der Waals surface area contributed by atoms with Gasteiger partial charge in [0.15, 0.2) is 16.5 Å². The van der Waals surface area contributed by atoms with Crippen molar-refractivity contribution in [3.05, 3.63) is 30.1 Å². The molecular weight excluding hydrogens is 369 g/mol. The lowest BCUT2D eigenvalue weighted by Crippen LogP contribution is -2.44. The number of hydrogen-bond acceptors (Lipinski definition) is 6. The molecule has 1 aromatic heterocycles. The van der Waals surface area contributed by atoms with Crippen molar-refractivity contribution in [1.82, 2.24) is 14.7 Å². The van der Waals surface area contributed by atoms with Gasteiger partial charge in [-0.25, -0.2) is 22.5 Å². The van der Waals surface area contributed by atoms with Gasteiger partial charge in [-0.15, -0.1) is 0 Å². The third-order valence-corrected chi connectivity index (χ3v) is 6.32. The zero-order valence-corrected chi connectivity index (χ0v) is 16.9. The van der Waals surface area contributed by atoms with Crippen LogP contribution in [0.15, 0.2) is 39.0 Å². The van der Waals surface area contributed by atoms with Gasteiger partial charge in [-0.3, -0.25) is 0 Å². The van der Waals surface area contributed by atoms with Crippen LogP contribution in [0.3, 0.4) is 0 Å². The summed E-state index contributed by atoms with van der Waals surface area (Å²) in [4.78, 5) is 6.40. The largest absolute Gasteiger partial charge is 0.371 e. The number of nitrogens with zero attached hydrogens (tertiary/aromatic N) is 4. The molecule has 0 radical (unpaired) electrons. The molecule has 0 fully saturated rings. The summed E-state index contributed by atoms with van der Waals surface area (Å²) >= 11 is 0. The number of benzene rings is 1. The molecule has 146 valence electrons. The molecule has 0 saturated carbocycles. The van der Waals surface area contributed by atoms with Gasteiger partial charge < -0.3 is 10.2 Å². The minimum Gasteiger partial charge on any atom is -0.371 e. The average Bonchev–Trinajstić information content (AvgIpc) is 2.93. The van der Waals surface area contributed by atoms with E-state index < -0.39 is 21.2 Å². The van der Waals surface area contributed by atoms with E-state index in [9.17, 15) is 12.8 Å². The molecule has 0 aliphatic carbocycles. The summed E-state index contributed by atoms with van der Waals surface area (Å²) in [6, 6.07) is 4.97. The molecule has 27 heavy (non-hydrogen) atoms. The Hall–Kier alpha value is -2.26. The number of fused-ring (bicyclic) bond motifs is 1. The number of likely N-dealkylation sites (N-methyl/N-ethyl adjacent to an activating group) is 1. The standard InChI is InChI=1S/C18H24FN5O2S/c1-12-10-18(2,11-23(4)5)24-17(21-12)15(16(20-3)22-24)27(25,26)14-8-6-7-13(19)9-14/h6-9H,10-11H2,1-5H3,(H,20,22). The van der Waals surface area contributed by atoms with E-state index in [1.54, 1.807) is 11.7 Å². The van der Waals surface area contributed by atoms with Gasteiger partial charge in [-0.1, -0.05) is 6.07 Å². The molecule has 1 aliphatic rings. The predicted molar refractivity (Wildman–Crippen MR) is 103 cm³/mol.